The normalized spacial score (nSPS) is 15.2. The van der Waals surface area contributed by atoms with Gasteiger partial charge in [-0.15, -0.1) is 0 Å². The van der Waals surface area contributed by atoms with Gasteiger partial charge < -0.3 is 10.1 Å². The highest BCUT2D eigenvalue weighted by Crippen LogP contribution is 2.39. The maximum absolute atomic E-state index is 5.64. The van der Waals surface area contributed by atoms with Gasteiger partial charge in [-0.1, -0.05) is 13.8 Å². The van der Waals surface area contributed by atoms with Crippen molar-refractivity contribution < 1.29 is 4.74 Å². The Bertz CT molecular complexity index is 361. The largest absolute Gasteiger partial charge is 0.477 e. The average Bonchev–Trinajstić information content (AvgIpc) is 3.09. The van der Waals surface area contributed by atoms with Crippen molar-refractivity contribution >= 4 is 5.82 Å². The zero-order valence-electron chi connectivity index (χ0n) is 10.2. The molecule has 1 aromatic rings. The lowest BCUT2D eigenvalue weighted by Gasteiger charge is -2.10. The number of ether oxygens (including phenoxy) is 1. The lowest BCUT2D eigenvalue weighted by Crippen LogP contribution is -2.08. The van der Waals surface area contributed by atoms with Crippen LogP contribution in [0.1, 0.15) is 38.4 Å². The quantitative estimate of drug-likeness (QED) is 0.829. The molecule has 1 aliphatic carbocycles. The van der Waals surface area contributed by atoms with Crippen LogP contribution in [0.5, 0.6) is 5.88 Å². The lowest BCUT2D eigenvalue weighted by molar-refractivity contribution is 0.260. The summed E-state index contributed by atoms with van der Waals surface area (Å²) in [6.07, 6.45) is 2.41. The molecule has 0 spiro atoms. The number of nitrogens with one attached hydrogen (secondary N) is 1. The van der Waals surface area contributed by atoms with Crippen LogP contribution < -0.4 is 10.1 Å². The van der Waals surface area contributed by atoms with Gasteiger partial charge in [-0.25, -0.2) is 4.98 Å². The lowest BCUT2D eigenvalue weighted by atomic mass is 10.2. The molecule has 0 bridgehead atoms. The monoisotopic (exact) mass is 221 g/mol. The minimum atomic E-state index is 0.511. The van der Waals surface area contributed by atoms with Crippen molar-refractivity contribution in [1.82, 2.24) is 9.97 Å². The van der Waals surface area contributed by atoms with Gasteiger partial charge in [0.1, 0.15) is 11.6 Å². The molecular weight excluding hydrogens is 202 g/mol. The van der Waals surface area contributed by atoms with Gasteiger partial charge >= 0.3 is 0 Å². The molecule has 1 saturated carbocycles. The summed E-state index contributed by atoms with van der Waals surface area (Å²) in [5.74, 6) is 3.52. The number of rotatable bonds is 5. The van der Waals surface area contributed by atoms with E-state index in [1.807, 2.05) is 13.1 Å². The van der Waals surface area contributed by atoms with Gasteiger partial charge in [0.2, 0.25) is 5.88 Å². The molecule has 1 aliphatic rings. The fourth-order valence-corrected chi connectivity index (χ4v) is 1.42. The molecule has 4 nitrogen and oxygen atoms in total. The van der Waals surface area contributed by atoms with Crippen LogP contribution in [0, 0.1) is 5.92 Å². The Morgan fingerprint density at radius 3 is 2.75 bits per heavy atom. The highest BCUT2D eigenvalue weighted by molar-refractivity contribution is 5.38. The van der Waals surface area contributed by atoms with Gasteiger partial charge in [0, 0.05) is 19.0 Å². The van der Waals surface area contributed by atoms with Gasteiger partial charge in [0.05, 0.1) is 6.61 Å². The van der Waals surface area contributed by atoms with Crippen LogP contribution in [0.15, 0.2) is 6.07 Å². The summed E-state index contributed by atoms with van der Waals surface area (Å²) in [5.41, 5.74) is 0. The van der Waals surface area contributed by atoms with Crippen molar-refractivity contribution in [3.8, 4) is 5.88 Å². The Kier molecular flexibility index (Phi) is 3.27. The number of aromatic nitrogens is 2. The Morgan fingerprint density at radius 2 is 2.19 bits per heavy atom. The molecule has 0 aliphatic heterocycles. The molecule has 0 unspecified atom stereocenters. The molecule has 1 heterocycles. The molecule has 88 valence electrons. The summed E-state index contributed by atoms with van der Waals surface area (Å²) >= 11 is 0. The molecule has 1 aromatic heterocycles. The van der Waals surface area contributed by atoms with Crippen molar-refractivity contribution in [3.63, 3.8) is 0 Å². The van der Waals surface area contributed by atoms with E-state index in [-0.39, 0.29) is 0 Å². The Labute approximate surface area is 96.4 Å². The van der Waals surface area contributed by atoms with E-state index < -0.39 is 0 Å². The second-order valence-electron chi connectivity index (χ2n) is 4.68. The molecule has 0 aromatic carbocycles. The fourth-order valence-electron chi connectivity index (χ4n) is 1.42. The van der Waals surface area contributed by atoms with Gasteiger partial charge in [-0.2, -0.15) is 4.98 Å². The molecule has 2 rings (SSSR count). The molecule has 0 amide bonds. The van der Waals surface area contributed by atoms with Crippen LogP contribution in [-0.2, 0) is 0 Å². The summed E-state index contributed by atoms with van der Waals surface area (Å²) in [6.45, 7) is 4.95. The number of nitrogens with zero attached hydrogens (tertiary/aromatic N) is 2. The molecule has 0 atom stereocenters. The number of hydrogen-bond donors (Lipinski definition) is 1. The summed E-state index contributed by atoms with van der Waals surface area (Å²) < 4.78 is 5.64. The van der Waals surface area contributed by atoms with Gasteiger partial charge in [0.15, 0.2) is 0 Å². The number of anilines is 1. The van der Waals surface area contributed by atoms with Crippen LogP contribution >= 0.6 is 0 Å². The van der Waals surface area contributed by atoms with E-state index in [2.05, 4.69) is 29.1 Å². The Balaban J connectivity index is 2.12. The van der Waals surface area contributed by atoms with E-state index in [0.29, 0.717) is 24.3 Å². The average molecular weight is 221 g/mol. The second-order valence-corrected chi connectivity index (χ2v) is 4.68. The van der Waals surface area contributed by atoms with E-state index in [9.17, 15) is 0 Å². The molecule has 4 heteroatoms. The topological polar surface area (TPSA) is 47.0 Å². The summed E-state index contributed by atoms with van der Waals surface area (Å²) in [4.78, 5) is 8.88. The smallest absolute Gasteiger partial charge is 0.218 e. The van der Waals surface area contributed by atoms with E-state index in [0.717, 1.165) is 11.6 Å². The second kappa shape index (κ2) is 4.68. The molecule has 1 N–H and O–H groups in total. The fraction of sp³-hybridized carbons (Fsp3) is 0.667. The first-order valence-electron chi connectivity index (χ1n) is 5.88. The van der Waals surface area contributed by atoms with Crippen molar-refractivity contribution in [2.75, 3.05) is 19.0 Å². The van der Waals surface area contributed by atoms with Crippen molar-refractivity contribution in [2.45, 2.75) is 32.6 Å². The zero-order valence-corrected chi connectivity index (χ0v) is 10.2. The molecule has 0 saturated heterocycles. The minimum Gasteiger partial charge on any atom is -0.477 e. The summed E-state index contributed by atoms with van der Waals surface area (Å²) in [6, 6.07) is 1.86. The van der Waals surface area contributed by atoms with Crippen LogP contribution in [-0.4, -0.2) is 23.6 Å². The number of hydrogen-bond acceptors (Lipinski definition) is 4. The van der Waals surface area contributed by atoms with Crippen LogP contribution in [0.4, 0.5) is 5.82 Å². The summed E-state index contributed by atoms with van der Waals surface area (Å²) in [5, 5.41) is 3.05. The van der Waals surface area contributed by atoms with Gasteiger partial charge in [-0.3, -0.25) is 0 Å². The highest BCUT2D eigenvalue weighted by Gasteiger charge is 2.27. The highest BCUT2D eigenvalue weighted by atomic mass is 16.5. The Hall–Kier alpha value is -1.32. The van der Waals surface area contributed by atoms with Crippen molar-refractivity contribution in [1.29, 1.82) is 0 Å². The van der Waals surface area contributed by atoms with E-state index >= 15 is 0 Å². The van der Waals surface area contributed by atoms with E-state index in [1.54, 1.807) is 0 Å². The molecule has 0 radical (unpaired) electrons. The first-order valence-corrected chi connectivity index (χ1v) is 5.88. The standard InChI is InChI=1S/C12H19N3O/c1-8(2)7-16-11-6-10(13-3)14-12(15-11)9-4-5-9/h6,8-9H,4-5,7H2,1-3H3,(H,13,14,15). The third-order valence-corrected chi connectivity index (χ3v) is 2.48. The maximum Gasteiger partial charge on any atom is 0.218 e. The van der Waals surface area contributed by atoms with Crippen LogP contribution in [0.25, 0.3) is 0 Å². The third-order valence-electron chi connectivity index (χ3n) is 2.48. The first-order chi connectivity index (χ1) is 7.69. The maximum atomic E-state index is 5.64. The predicted molar refractivity (Wildman–Crippen MR) is 63.9 cm³/mol. The summed E-state index contributed by atoms with van der Waals surface area (Å²) in [7, 11) is 1.87. The van der Waals surface area contributed by atoms with Crippen LogP contribution in [0.3, 0.4) is 0 Å². The predicted octanol–water partition coefficient (Wildman–Crippen LogP) is 2.43. The van der Waals surface area contributed by atoms with Crippen molar-refractivity contribution in [3.05, 3.63) is 11.9 Å². The SMILES string of the molecule is CNc1cc(OCC(C)C)nc(C2CC2)n1. The zero-order chi connectivity index (χ0) is 11.5. The third kappa shape index (κ3) is 2.84. The molecular formula is C12H19N3O. The van der Waals surface area contributed by atoms with E-state index in [1.165, 1.54) is 12.8 Å². The van der Waals surface area contributed by atoms with Gasteiger partial charge in [-0.05, 0) is 18.8 Å². The Morgan fingerprint density at radius 1 is 1.44 bits per heavy atom. The molecule has 1 fully saturated rings. The molecule has 16 heavy (non-hydrogen) atoms. The minimum absolute atomic E-state index is 0.511. The first kappa shape index (κ1) is 11.2. The van der Waals surface area contributed by atoms with Crippen molar-refractivity contribution in [2.24, 2.45) is 5.92 Å². The van der Waals surface area contributed by atoms with Gasteiger partial charge in [0.25, 0.3) is 0 Å². The van der Waals surface area contributed by atoms with E-state index in [4.69, 9.17) is 4.74 Å². The van der Waals surface area contributed by atoms with Crippen LogP contribution in [0.2, 0.25) is 0 Å².